The van der Waals surface area contributed by atoms with Crippen molar-refractivity contribution in [3.8, 4) is 0 Å². The zero-order valence-electron chi connectivity index (χ0n) is 14.7. The Hall–Kier alpha value is -2.27. The van der Waals surface area contributed by atoms with Gasteiger partial charge in [0.15, 0.2) is 5.96 Å². The molecule has 0 fully saturated rings. The zero-order valence-corrected chi connectivity index (χ0v) is 14.7. The molecule has 0 amide bonds. The van der Waals surface area contributed by atoms with Gasteiger partial charge in [0.1, 0.15) is 5.76 Å². The highest BCUT2D eigenvalue weighted by molar-refractivity contribution is 5.80. The van der Waals surface area contributed by atoms with E-state index in [0.717, 1.165) is 24.7 Å². The Balaban J connectivity index is 1.94. The molecule has 5 nitrogen and oxygen atoms in total. The fourth-order valence-corrected chi connectivity index (χ4v) is 2.52. The predicted octanol–water partition coefficient (Wildman–Crippen LogP) is 3.07. The lowest BCUT2D eigenvalue weighted by atomic mass is 10.0. The molecule has 2 N–H and O–H groups in total. The molecule has 0 aliphatic carbocycles. The van der Waals surface area contributed by atoms with Crippen molar-refractivity contribution in [3.63, 3.8) is 0 Å². The first-order chi connectivity index (χ1) is 11.7. The highest BCUT2D eigenvalue weighted by atomic mass is 16.5. The quantitative estimate of drug-likeness (QED) is 0.444. The fraction of sp³-hybridized carbons (Fsp3) is 0.421. The van der Waals surface area contributed by atoms with Crippen LogP contribution in [0.25, 0.3) is 0 Å². The van der Waals surface area contributed by atoms with E-state index in [1.807, 2.05) is 12.1 Å². The van der Waals surface area contributed by atoms with Gasteiger partial charge in [0.2, 0.25) is 0 Å². The number of benzene rings is 1. The van der Waals surface area contributed by atoms with E-state index in [2.05, 4.69) is 53.7 Å². The minimum Gasteiger partial charge on any atom is -0.469 e. The summed E-state index contributed by atoms with van der Waals surface area (Å²) in [6.45, 7) is 6.24. The molecular weight excluding hydrogens is 302 g/mol. The third-order valence-electron chi connectivity index (χ3n) is 3.82. The Labute approximate surface area is 144 Å². The number of rotatable bonds is 8. The molecule has 0 bridgehead atoms. The molecule has 130 valence electrons. The van der Waals surface area contributed by atoms with Crippen LogP contribution >= 0.6 is 0 Å². The van der Waals surface area contributed by atoms with Gasteiger partial charge in [-0.1, -0.05) is 24.3 Å². The molecule has 0 saturated heterocycles. The second kappa shape index (κ2) is 9.78. The average Bonchev–Trinajstić information content (AvgIpc) is 3.08. The third kappa shape index (κ3) is 5.74. The van der Waals surface area contributed by atoms with Gasteiger partial charge in [0.25, 0.3) is 0 Å². The second-order valence-electron chi connectivity index (χ2n) is 5.70. The van der Waals surface area contributed by atoms with Gasteiger partial charge in [-0.3, -0.25) is 4.99 Å². The second-order valence-corrected chi connectivity index (χ2v) is 5.70. The van der Waals surface area contributed by atoms with Crippen molar-refractivity contribution in [2.75, 3.05) is 26.8 Å². The highest BCUT2D eigenvalue weighted by Crippen LogP contribution is 2.16. The molecule has 1 heterocycles. The molecule has 0 spiro atoms. The topological polar surface area (TPSA) is 58.8 Å². The maximum Gasteiger partial charge on any atom is 0.191 e. The maximum absolute atomic E-state index is 5.36. The molecule has 0 aliphatic rings. The largest absolute Gasteiger partial charge is 0.469 e. The normalized spacial score (nSPS) is 12.9. The first-order valence-electron chi connectivity index (χ1n) is 8.32. The van der Waals surface area contributed by atoms with Crippen LogP contribution in [-0.2, 0) is 11.2 Å². The number of aliphatic imine (C=N–C) groups is 1. The number of hydrogen-bond acceptors (Lipinski definition) is 3. The van der Waals surface area contributed by atoms with E-state index < -0.39 is 0 Å². The van der Waals surface area contributed by atoms with Crippen LogP contribution in [0.15, 0.2) is 52.1 Å². The van der Waals surface area contributed by atoms with Crippen molar-refractivity contribution in [1.29, 1.82) is 0 Å². The van der Waals surface area contributed by atoms with Gasteiger partial charge < -0.3 is 19.8 Å². The average molecular weight is 329 g/mol. The molecule has 2 rings (SSSR count). The Morgan fingerprint density at radius 3 is 2.79 bits per heavy atom. The minimum atomic E-state index is 0.170. The van der Waals surface area contributed by atoms with Gasteiger partial charge in [-0.15, -0.1) is 0 Å². The van der Waals surface area contributed by atoms with Gasteiger partial charge in [-0.25, -0.2) is 0 Å². The maximum atomic E-state index is 5.36. The Morgan fingerprint density at radius 2 is 2.08 bits per heavy atom. The molecule has 0 aliphatic heterocycles. The van der Waals surface area contributed by atoms with Crippen LogP contribution in [0.2, 0.25) is 0 Å². The number of guanidine groups is 1. The lowest BCUT2D eigenvalue weighted by Gasteiger charge is -2.20. The number of nitrogens with zero attached hydrogens (tertiary/aromatic N) is 1. The van der Waals surface area contributed by atoms with E-state index >= 15 is 0 Å². The Morgan fingerprint density at radius 1 is 1.25 bits per heavy atom. The lowest BCUT2D eigenvalue weighted by Crippen LogP contribution is -2.40. The van der Waals surface area contributed by atoms with Crippen LogP contribution in [0.5, 0.6) is 0 Å². The number of hydrogen-bond donors (Lipinski definition) is 2. The lowest BCUT2D eigenvalue weighted by molar-refractivity contribution is 0.208. The van der Waals surface area contributed by atoms with Gasteiger partial charge in [0.05, 0.1) is 25.5 Å². The smallest absolute Gasteiger partial charge is 0.191 e. The van der Waals surface area contributed by atoms with Crippen molar-refractivity contribution in [2.24, 2.45) is 4.99 Å². The van der Waals surface area contributed by atoms with E-state index in [1.165, 1.54) is 11.1 Å². The molecule has 1 aromatic carbocycles. The van der Waals surface area contributed by atoms with Gasteiger partial charge in [-0.2, -0.15) is 0 Å². The summed E-state index contributed by atoms with van der Waals surface area (Å²) in [6, 6.07) is 12.4. The van der Waals surface area contributed by atoms with E-state index in [0.29, 0.717) is 13.2 Å². The summed E-state index contributed by atoms with van der Waals surface area (Å²) in [5, 5.41) is 6.83. The van der Waals surface area contributed by atoms with Crippen LogP contribution < -0.4 is 10.6 Å². The zero-order chi connectivity index (χ0) is 17.2. The molecule has 0 radical (unpaired) electrons. The third-order valence-corrected chi connectivity index (χ3v) is 3.82. The molecule has 1 aromatic heterocycles. The van der Waals surface area contributed by atoms with E-state index in [4.69, 9.17) is 9.15 Å². The van der Waals surface area contributed by atoms with Gasteiger partial charge in [-0.05, 0) is 37.1 Å². The number of methoxy groups -OCH3 is 1. The summed E-state index contributed by atoms with van der Waals surface area (Å²) in [5.74, 6) is 1.75. The van der Waals surface area contributed by atoms with E-state index in [9.17, 15) is 0 Å². The molecule has 1 atom stereocenters. The Kier molecular flexibility index (Phi) is 7.36. The molecule has 24 heavy (non-hydrogen) atoms. The van der Waals surface area contributed by atoms with Crippen molar-refractivity contribution >= 4 is 5.96 Å². The predicted molar refractivity (Wildman–Crippen MR) is 97.3 cm³/mol. The molecule has 0 saturated carbocycles. The molecular formula is C19H27N3O2. The number of ether oxygens (including phenoxy) is 1. The summed E-state index contributed by atoms with van der Waals surface area (Å²) >= 11 is 0. The minimum absolute atomic E-state index is 0.170. The summed E-state index contributed by atoms with van der Waals surface area (Å²) in [7, 11) is 1.68. The number of furan rings is 1. The summed E-state index contributed by atoms with van der Waals surface area (Å²) in [5.41, 5.74) is 2.54. The molecule has 1 unspecified atom stereocenters. The summed E-state index contributed by atoms with van der Waals surface area (Å²) < 4.78 is 10.4. The summed E-state index contributed by atoms with van der Waals surface area (Å²) in [6.07, 6.45) is 2.51. The van der Waals surface area contributed by atoms with Gasteiger partial charge in [0, 0.05) is 20.1 Å². The van der Waals surface area contributed by atoms with Crippen LogP contribution in [0.4, 0.5) is 0 Å². The van der Waals surface area contributed by atoms with Crippen molar-refractivity contribution < 1.29 is 9.15 Å². The van der Waals surface area contributed by atoms with Crippen molar-refractivity contribution in [3.05, 3.63) is 59.5 Å². The van der Waals surface area contributed by atoms with Crippen LogP contribution in [0.3, 0.4) is 0 Å². The monoisotopic (exact) mass is 329 g/mol. The standard InChI is InChI=1S/C19H27N3O2/c1-15-7-4-5-9-18(15)16(2)22-19(21-12-14-23-3)20-11-10-17-8-6-13-24-17/h4-9,13,16H,10-12,14H2,1-3H3,(H2,20,21,22). The number of aryl methyl sites for hydroxylation is 1. The fourth-order valence-electron chi connectivity index (χ4n) is 2.52. The Bertz CT molecular complexity index is 623. The first-order valence-corrected chi connectivity index (χ1v) is 8.32. The van der Waals surface area contributed by atoms with E-state index in [-0.39, 0.29) is 6.04 Å². The van der Waals surface area contributed by atoms with Crippen LogP contribution in [-0.4, -0.2) is 32.8 Å². The highest BCUT2D eigenvalue weighted by Gasteiger charge is 2.10. The van der Waals surface area contributed by atoms with Gasteiger partial charge >= 0.3 is 0 Å². The van der Waals surface area contributed by atoms with E-state index in [1.54, 1.807) is 13.4 Å². The van der Waals surface area contributed by atoms with Crippen molar-refractivity contribution in [1.82, 2.24) is 10.6 Å². The molecule has 5 heteroatoms. The molecule has 2 aromatic rings. The summed E-state index contributed by atoms with van der Waals surface area (Å²) in [4.78, 5) is 4.57. The van der Waals surface area contributed by atoms with Crippen LogP contribution in [0, 0.1) is 6.92 Å². The SMILES string of the molecule is COCCN=C(NCCc1ccco1)NC(C)c1ccccc1C. The van der Waals surface area contributed by atoms with Crippen molar-refractivity contribution in [2.45, 2.75) is 26.3 Å². The first kappa shape index (κ1) is 18.1. The number of nitrogens with one attached hydrogen (secondary N) is 2. The van der Waals surface area contributed by atoms with Crippen LogP contribution in [0.1, 0.15) is 29.9 Å².